The number of aryl methyl sites for hydroxylation is 1. The SMILES string of the molecule is COC(=O)c1sc(NC(=O)C2CCN(S(=O)(=O)c3cccnc3)CC2)nc1C. The Balaban J connectivity index is 1.61. The van der Waals surface area contributed by atoms with E-state index in [-0.39, 0.29) is 29.8 Å². The Morgan fingerprint density at radius 1 is 1.32 bits per heavy atom. The fraction of sp³-hybridized carbons (Fsp3) is 0.412. The predicted octanol–water partition coefficient (Wildman–Crippen LogP) is 1.67. The number of thiazole rings is 1. The van der Waals surface area contributed by atoms with Gasteiger partial charge in [0.1, 0.15) is 9.77 Å². The predicted molar refractivity (Wildman–Crippen MR) is 103 cm³/mol. The topological polar surface area (TPSA) is 119 Å². The first-order valence-electron chi connectivity index (χ1n) is 8.59. The minimum atomic E-state index is -3.61. The molecule has 0 atom stereocenters. The fourth-order valence-corrected chi connectivity index (χ4v) is 5.27. The molecule has 3 rings (SSSR count). The van der Waals surface area contributed by atoms with Crippen molar-refractivity contribution in [2.75, 3.05) is 25.5 Å². The molecule has 2 aromatic heterocycles. The van der Waals surface area contributed by atoms with Crippen molar-refractivity contribution in [1.82, 2.24) is 14.3 Å². The molecule has 1 amide bonds. The second-order valence-electron chi connectivity index (χ2n) is 6.28. The van der Waals surface area contributed by atoms with Crippen LogP contribution in [0.1, 0.15) is 28.2 Å². The minimum Gasteiger partial charge on any atom is -0.465 e. The van der Waals surface area contributed by atoms with Crippen LogP contribution in [0.3, 0.4) is 0 Å². The molecule has 0 aliphatic carbocycles. The number of aromatic nitrogens is 2. The van der Waals surface area contributed by atoms with E-state index in [1.54, 1.807) is 13.0 Å². The van der Waals surface area contributed by atoms with Crippen molar-refractivity contribution >= 4 is 38.4 Å². The van der Waals surface area contributed by atoms with Crippen molar-refractivity contribution < 1.29 is 22.7 Å². The van der Waals surface area contributed by atoms with Crippen LogP contribution in [-0.4, -0.2) is 54.8 Å². The van der Waals surface area contributed by atoms with Gasteiger partial charge < -0.3 is 10.1 Å². The third-order valence-corrected chi connectivity index (χ3v) is 7.43. The van der Waals surface area contributed by atoms with Crippen molar-refractivity contribution in [3.63, 3.8) is 0 Å². The molecule has 0 unspecified atom stereocenters. The van der Waals surface area contributed by atoms with Gasteiger partial charge in [0.05, 0.1) is 12.8 Å². The van der Waals surface area contributed by atoms with E-state index >= 15 is 0 Å². The number of nitrogens with zero attached hydrogens (tertiary/aromatic N) is 3. The van der Waals surface area contributed by atoms with Gasteiger partial charge in [0, 0.05) is 31.4 Å². The van der Waals surface area contributed by atoms with Crippen LogP contribution in [0.5, 0.6) is 0 Å². The van der Waals surface area contributed by atoms with E-state index in [1.165, 1.54) is 29.9 Å². The van der Waals surface area contributed by atoms with Crippen molar-refractivity contribution in [3.8, 4) is 0 Å². The number of ether oxygens (including phenoxy) is 1. The first-order chi connectivity index (χ1) is 13.3. The molecule has 0 aromatic carbocycles. The summed E-state index contributed by atoms with van der Waals surface area (Å²) in [6.07, 6.45) is 3.64. The fourth-order valence-electron chi connectivity index (χ4n) is 2.95. The van der Waals surface area contributed by atoms with Gasteiger partial charge >= 0.3 is 5.97 Å². The first kappa shape index (κ1) is 20.4. The summed E-state index contributed by atoms with van der Waals surface area (Å²) >= 11 is 1.06. The number of carbonyl (C=O) groups excluding carboxylic acids is 2. The van der Waals surface area contributed by atoms with E-state index in [0.717, 1.165) is 11.3 Å². The molecule has 3 heterocycles. The molecule has 9 nitrogen and oxygen atoms in total. The summed E-state index contributed by atoms with van der Waals surface area (Å²) in [5, 5.41) is 3.05. The molecule has 0 saturated carbocycles. The number of sulfonamides is 1. The van der Waals surface area contributed by atoms with Gasteiger partial charge in [0.2, 0.25) is 15.9 Å². The number of rotatable bonds is 5. The summed E-state index contributed by atoms with van der Waals surface area (Å²) in [6.45, 7) is 2.17. The molecule has 1 fully saturated rings. The third kappa shape index (κ3) is 4.21. The maximum atomic E-state index is 12.6. The molecule has 0 spiro atoms. The van der Waals surface area contributed by atoms with E-state index in [2.05, 4.69) is 20.0 Å². The first-order valence-corrected chi connectivity index (χ1v) is 10.9. The van der Waals surface area contributed by atoms with Gasteiger partial charge in [-0.3, -0.25) is 9.78 Å². The van der Waals surface area contributed by atoms with E-state index in [0.29, 0.717) is 28.5 Å². The highest BCUT2D eigenvalue weighted by atomic mass is 32.2. The van der Waals surface area contributed by atoms with Crippen LogP contribution in [0.25, 0.3) is 0 Å². The number of pyridine rings is 1. The smallest absolute Gasteiger partial charge is 0.350 e. The van der Waals surface area contributed by atoms with Gasteiger partial charge in [0.15, 0.2) is 5.13 Å². The Morgan fingerprint density at radius 2 is 2.04 bits per heavy atom. The van der Waals surface area contributed by atoms with Crippen molar-refractivity contribution in [2.45, 2.75) is 24.7 Å². The standard InChI is InChI=1S/C17H20N4O5S2/c1-11-14(16(23)26-2)27-17(19-11)20-15(22)12-5-8-21(9-6-12)28(24,25)13-4-3-7-18-10-13/h3-4,7,10,12H,5-6,8-9H2,1-2H3,(H,19,20,22). The number of nitrogens with one attached hydrogen (secondary N) is 1. The Kier molecular flexibility index (Phi) is 6.06. The number of anilines is 1. The highest BCUT2D eigenvalue weighted by Gasteiger charge is 2.32. The Hall–Kier alpha value is -2.37. The van der Waals surface area contributed by atoms with Crippen molar-refractivity contribution in [3.05, 3.63) is 35.1 Å². The zero-order valence-corrected chi connectivity index (χ0v) is 17.0. The van der Waals surface area contributed by atoms with Crippen molar-refractivity contribution in [1.29, 1.82) is 0 Å². The monoisotopic (exact) mass is 424 g/mol. The van der Waals surface area contributed by atoms with Crippen LogP contribution in [0.15, 0.2) is 29.4 Å². The van der Waals surface area contributed by atoms with Gasteiger partial charge in [-0.25, -0.2) is 18.2 Å². The van der Waals surface area contributed by atoms with Crippen LogP contribution in [-0.2, 0) is 19.6 Å². The Labute approximate surface area is 166 Å². The molecule has 11 heteroatoms. The molecule has 150 valence electrons. The summed E-state index contributed by atoms with van der Waals surface area (Å²) < 4.78 is 31.3. The van der Waals surface area contributed by atoms with Crippen molar-refractivity contribution in [2.24, 2.45) is 5.92 Å². The molecule has 2 aromatic rings. The lowest BCUT2D eigenvalue weighted by atomic mass is 9.97. The van der Waals surface area contributed by atoms with Gasteiger partial charge in [0.25, 0.3) is 0 Å². The summed E-state index contributed by atoms with van der Waals surface area (Å²) in [5.74, 6) is -1.06. The number of piperidine rings is 1. The van der Waals surface area contributed by atoms with Crippen LogP contribution in [0.2, 0.25) is 0 Å². The van der Waals surface area contributed by atoms with E-state index in [9.17, 15) is 18.0 Å². The molecule has 0 radical (unpaired) electrons. The number of carbonyl (C=O) groups is 2. The lowest BCUT2D eigenvalue weighted by Gasteiger charge is -2.30. The van der Waals surface area contributed by atoms with Gasteiger partial charge in [-0.1, -0.05) is 11.3 Å². The van der Waals surface area contributed by atoms with Crippen LogP contribution in [0, 0.1) is 12.8 Å². The van der Waals surface area contributed by atoms with E-state index < -0.39 is 16.0 Å². The van der Waals surface area contributed by atoms with E-state index in [4.69, 9.17) is 0 Å². The average Bonchev–Trinajstić information content (AvgIpc) is 3.08. The van der Waals surface area contributed by atoms with Gasteiger partial charge in [-0.05, 0) is 31.9 Å². The second-order valence-corrected chi connectivity index (χ2v) is 9.22. The quantitative estimate of drug-likeness (QED) is 0.725. The Bertz CT molecular complexity index is 967. The third-order valence-electron chi connectivity index (χ3n) is 4.49. The maximum Gasteiger partial charge on any atom is 0.350 e. The Morgan fingerprint density at radius 3 is 2.64 bits per heavy atom. The normalized spacial score (nSPS) is 15.9. The number of methoxy groups -OCH3 is 1. The molecule has 0 bridgehead atoms. The lowest BCUT2D eigenvalue weighted by Crippen LogP contribution is -2.41. The van der Waals surface area contributed by atoms with Crippen LogP contribution < -0.4 is 5.32 Å². The molecular formula is C17H20N4O5S2. The molecule has 1 aliphatic rings. The zero-order chi connectivity index (χ0) is 20.3. The van der Waals surface area contributed by atoms with Crippen LogP contribution in [0.4, 0.5) is 5.13 Å². The number of hydrogen-bond donors (Lipinski definition) is 1. The lowest BCUT2D eigenvalue weighted by molar-refractivity contribution is -0.120. The van der Waals surface area contributed by atoms with E-state index in [1.807, 2.05) is 0 Å². The zero-order valence-electron chi connectivity index (χ0n) is 15.4. The highest BCUT2D eigenvalue weighted by molar-refractivity contribution is 7.89. The maximum absolute atomic E-state index is 12.6. The minimum absolute atomic E-state index is 0.145. The summed E-state index contributed by atoms with van der Waals surface area (Å²) in [6, 6.07) is 3.08. The van der Waals surface area contributed by atoms with Gasteiger partial charge in [-0.15, -0.1) is 0 Å². The number of esters is 1. The number of amides is 1. The molecule has 1 aliphatic heterocycles. The molecule has 1 N–H and O–H groups in total. The number of hydrogen-bond acceptors (Lipinski definition) is 8. The van der Waals surface area contributed by atoms with Gasteiger partial charge in [-0.2, -0.15) is 4.31 Å². The second kappa shape index (κ2) is 8.33. The highest BCUT2D eigenvalue weighted by Crippen LogP contribution is 2.27. The summed E-state index contributed by atoms with van der Waals surface area (Å²) in [7, 11) is -2.32. The summed E-state index contributed by atoms with van der Waals surface area (Å²) in [5.41, 5.74) is 0.490. The molecular weight excluding hydrogens is 404 g/mol. The average molecular weight is 425 g/mol. The van der Waals surface area contributed by atoms with Crippen LogP contribution >= 0.6 is 11.3 Å². The summed E-state index contributed by atoms with van der Waals surface area (Å²) in [4.78, 5) is 32.7. The molecule has 1 saturated heterocycles. The molecule has 28 heavy (non-hydrogen) atoms. The largest absolute Gasteiger partial charge is 0.465 e.